The van der Waals surface area contributed by atoms with Crippen LogP contribution in [-0.2, 0) is 16.6 Å². The van der Waals surface area contributed by atoms with Crippen LogP contribution in [0.25, 0.3) is 0 Å². The van der Waals surface area contributed by atoms with E-state index >= 15 is 0 Å². The van der Waals surface area contributed by atoms with Crippen LogP contribution in [0.2, 0.25) is 0 Å². The Kier molecular flexibility index (Phi) is 3.60. The van der Waals surface area contributed by atoms with Gasteiger partial charge >= 0.3 is 0 Å². The van der Waals surface area contributed by atoms with Crippen molar-refractivity contribution in [2.75, 3.05) is 13.6 Å². The predicted octanol–water partition coefficient (Wildman–Crippen LogP) is 2.79. The largest absolute Gasteiger partial charge is 0.443 e. The van der Waals surface area contributed by atoms with Crippen LogP contribution in [0.5, 0.6) is 5.75 Å². The number of likely N-dealkylation sites (tertiary alicyclic amines) is 1. The highest BCUT2D eigenvalue weighted by atomic mass is 16.5. The highest BCUT2D eigenvalue weighted by Crippen LogP contribution is 2.43. The third kappa shape index (κ3) is 2.26. The summed E-state index contributed by atoms with van der Waals surface area (Å²) in [6.45, 7) is 6.88. The summed E-state index contributed by atoms with van der Waals surface area (Å²) < 4.78 is 5.64. The highest BCUT2D eigenvalue weighted by molar-refractivity contribution is 5.97. The maximum Gasteiger partial charge on any atom is 0.189 e. The number of ether oxygens (including phenoxy) is 1. The number of rotatable bonds is 2. The Morgan fingerprint density at radius 3 is 2.86 bits per heavy atom. The number of carbonyl (C=O) groups is 1. The van der Waals surface area contributed by atoms with Crippen LogP contribution in [0.3, 0.4) is 0 Å². The van der Waals surface area contributed by atoms with E-state index < -0.39 is 5.41 Å². The summed E-state index contributed by atoms with van der Waals surface area (Å²) in [5, 5.41) is 7.88. The molecule has 1 aromatic carbocycles. The van der Waals surface area contributed by atoms with Crippen molar-refractivity contribution in [2.45, 2.75) is 45.1 Å². The minimum Gasteiger partial charge on any atom is -0.443 e. The molecule has 2 aliphatic rings. The van der Waals surface area contributed by atoms with Crippen molar-refractivity contribution in [3.8, 4) is 5.75 Å². The summed E-state index contributed by atoms with van der Waals surface area (Å²) >= 11 is 0. The zero-order chi connectivity index (χ0) is 16.1. The van der Waals surface area contributed by atoms with Crippen molar-refractivity contribution in [3.63, 3.8) is 0 Å². The number of Topliss-reactive ketones (excluding diaryl/α,β-unsaturated/α-hetero) is 1. The topological polar surface area (TPSA) is 53.4 Å². The smallest absolute Gasteiger partial charge is 0.189 e. The van der Waals surface area contributed by atoms with Crippen LogP contribution in [-0.4, -0.2) is 36.2 Å². The number of benzene rings is 1. The predicted molar refractivity (Wildman–Crippen MR) is 86.7 cm³/mol. The molecule has 4 nitrogen and oxygen atoms in total. The van der Waals surface area contributed by atoms with E-state index in [-0.39, 0.29) is 17.9 Å². The Balaban J connectivity index is 1.99. The molecule has 2 bridgehead atoms. The minimum atomic E-state index is -0.413. The second kappa shape index (κ2) is 5.20. The van der Waals surface area contributed by atoms with Crippen LogP contribution in [0.15, 0.2) is 18.2 Å². The average Bonchev–Trinajstić information content (AvgIpc) is 2.47. The molecule has 3 rings (SSSR count). The monoisotopic (exact) mass is 300 g/mol. The van der Waals surface area contributed by atoms with E-state index in [0.29, 0.717) is 11.5 Å². The first-order chi connectivity index (χ1) is 10.3. The number of hydrogen-bond acceptors (Lipinski definition) is 4. The second-order valence-electron chi connectivity index (χ2n) is 7.09. The molecule has 22 heavy (non-hydrogen) atoms. The molecule has 1 aliphatic heterocycles. The van der Waals surface area contributed by atoms with Gasteiger partial charge in [-0.3, -0.25) is 15.1 Å². The number of ketones is 1. The molecular weight excluding hydrogens is 276 g/mol. The van der Waals surface area contributed by atoms with Gasteiger partial charge in [0.15, 0.2) is 11.7 Å². The van der Waals surface area contributed by atoms with E-state index in [1.807, 2.05) is 33.0 Å². The zero-order valence-electron chi connectivity index (χ0n) is 13.8. The number of piperidine rings is 1. The molecule has 0 radical (unpaired) electrons. The molecule has 1 saturated heterocycles. The maximum atomic E-state index is 12.8. The van der Waals surface area contributed by atoms with E-state index in [1.54, 1.807) is 0 Å². The Bertz CT molecular complexity index is 638. The first-order valence-corrected chi connectivity index (χ1v) is 7.97. The molecule has 1 aliphatic carbocycles. The van der Waals surface area contributed by atoms with E-state index in [9.17, 15) is 4.79 Å². The Hall–Kier alpha value is -1.68. The zero-order valence-corrected chi connectivity index (χ0v) is 13.8. The highest BCUT2D eigenvalue weighted by Gasteiger charge is 2.49. The second-order valence-corrected chi connectivity index (χ2v) is 7.09. The van der Waals surface area contributed by atoms with Gasteiger partial charge in [0.05, 0.1) is 11.5 Å². The Labute approximate surface area is 132 Å². The number of fused-ring (bicyclic) bond motifs is 4. The van der Waals surface area contributed by atoms with Gasteiger partial charge in [-0.05, 0) is 56.6 Å². The normalized spacial score (nSPS) is 27.7. The molecular formula is C18H24N2O2. The Morgan fingerprint density at radius 2 is 2.18 bits per heavy atom. The van der Waals surface area contributed by atoms with Crippen molar-refractivity contribution < 1.29 is 9.53 Å². The summed E-state index contributed by atoms with van der Waals surface area (Å²) in [7, 11) is 2.04. The standard InChI is InChI=1S/C18H24N2O2/c1-11(2)17(19)22-13-6-5-12-9-15-16(21)18(3,14(12)10-13)7-8-20(15)4/h5-6,10-11,15,19H,7-9H2,1-4H3. The fourth-order valence-electron chi connectivity index (χ4n) is 3.53. The van der Waals surface area contributed by atoms with Crippen LogP contribution >= 0.6 is 0 Å². The van der Waals surface area contributed by atoms with Gasteiger partial charge in [-0.1, -0.05) is 19.9 Å². The number of likely N-dealkylation sites (N-methyl/N-ethyl adjacent to an activating group) is 1. The van der Waals surface area contributed by atoms with Gasteiger partial charge in [-0.2, -0.15) is 0 Å². The van der Waals surface area contributed by atoms with Gasteiger partial charge < -0.3 is 4.74 Å². The van der Waals surface area contributed by atoms with Gasteiger partial charge in [0.1, 0.15) is 5.75 Å². The third-order valence-corrected chi connectivity index (χ3v) is 5.18. The van der Waals surface area contributed by atoms with E-state index in [1.165, 1.54) is 5.56 Å². The van der Waals surface area contributed by atoms with Gasteiger partial charge in [0, 0.05) is 5.92 Å². The average molecular weight is 300 g/mol. The number of hydrogen-bond donors (Lipinski definition) is 1. The van der Waals surface area contributed by atoms with Crippen molar-refractivity contribution in [1.82, 2.24) is 4.90 Å². The molecule has 2 unspecified atom stereocenters. The molecule has 0 amide bonds. The van der Waals surface area contributed by atoms with Crippen LogP contribution in [0.1, 0.15) is 38.3 Å². The fourth-order valence-corrected chi connectivity index (χ4v) is 3.53. The summed E-state index contributed by atoms with van der Waals surface area (Å²) in [4.78, 5) is 15.0. The number of nitrogens with one attached hydrogen (secondary N) is 1. The summed E-state index contributed by atoms with van der Waals surface area (Å²) in [6.07, 6.45) is 1.62. The molecule has 1 aromatic rings. The lowest BCUT2D eigenvalue weighted by atomic mass is 9.64. The molecule has 1 N–H and O–H groups in total. The van der Waals surface area contributed by atoms with Crippen LogP contribution in [0.4, 0.5) is 0 Å². The van der Waals surface area contributed by atoms with Gasteiger partial charge in [-0.15, -0.1) is 0 Å². The van der Waals surface area contributed by atoms with Gasteiger partial charge in [0.25, 0.3) is 0 Å². The third-order valence-electron chi connectivity index (χ3n) is 5.18. The van der Waals surface area contributed by atoms with Gasteiger partial charge in [0.2, 0.25) is 0 Å². The molecule has 2 atom stereocenters. The van der Waals surface area contributed by atoms with Crippen molar-refractivity contribution in [3.05, 3.63) is 29.3 Å². The number of carbonyl (C=O) groups excluding carboxylic acids is 1. The lowest BCUT2D eigenvalue weighted by Gasteiger charge is -2.47. The lowest BCUT2D eigenvalue weighted by molar-refractivity contribution is -0.133. The SMILES string of the molecule is CC(C)C(=N)Oc1ccc2c(c1)C1(C)CCN(C)C(C2)C1=O. The maximum absolute atomic E-state index is 12.8. The molecule has 0 saturated carbocycles. The van der Waals surface area contributed by atoms with Crippen molar-refractivity contribution in [1.29, 1.82) is 5.41 Å². The van der Waals surface area contributed by atoms with Crippen molar-refractivity contribution >= 4 is 11.7 Å². The Morgan fingerprint density at radius 1 is 1.45 bits per heavy atom. The van der Waals surface area contributed by atoms with E-state index in [0.717, 1.165) is 24.9 Å². The molecule has 0 spiro atoms. The summed E-state index contributed by atoms with van der Waals surface area (Å²) in [5.41, 5.74) is 1.92. The fraction of sp³-hybridized carbons (Fsp3) is 0.556. The van der Waals surface area contributed by atoms with E-state index in [2.05, 4.69) is 17.9 Å². The first kappa shape index (κ1) is 15.2. The summed E-state index contributed by atoms with van der Waals surface area (Å²) in [6, 6.07) is 5.97. The van der Waals surface area contributed by atoms with E-state index in [4.69, 9.17) is 10.1 Å². The first-order valence-electron chi connectivity index (χ1n) is 7.97. The molecule has 1 heterocycles. The quantitative estimate of drug-likeness (QED) is 0.675. The van der Waals surface area contributed by atoms with Crippen LogP contribution < -0.4 is 4.74 Å². The number of nitrogens with zero attached hydrogens (tertiary/aromatic N) is 1. The minimum absolute atomic E-state index is 0.00646. The molecule has 4 heteroatoms. The van der Waals surface area contributed by atoms with Gasteiger partial charge in [-0.25, -0.2) is 0 Å². The molecule has 0 aromatic heterocycles. The van der Waals surface area contributed by atoms with Crippen LogP contribution in [0, 0.1) is 11.3 Å². The lowest BCUT2D eigenvalue weighted by Crippen LogP contribution is -2.58. The molecule has 118 valence electrons. The summed E-state index contributed by atoms with van der Waals surface area (Å²) in [5.74, 6) is 1.31. The van der Waals surface area contributed by atoms with Crippen molar-refractivity contribution in [2.24, 2.45) is 5.92 Å². The molecule has 1 fully saturated rings.